The number of pyridine rings is 1. The van der Waals surface area contributed by atoms with E-state index in [2.05, 4.69) is 15.1 Å². The van der Waals surface area contributed by atoms with Crippen molar-refractivity contribution in [1.82, 2.24) is 19.7 Å². The zero-order chi connectivity index (χ0) is 19.7. The van der Waals surface area contributed by atoms with Gasteiger partial charge in [0.05, 0.1) is 40.0 Å². The molecular weight excluding hydrogens is 417 g/mol. The van der Waals surface area contributed by atoms with Crippen LogP contribution in [-0.2, 0) is 0 Å². The van der Waals surface area contributed by atoms with Gasteiger partial charge in [0.25, 0.3) is 5.91 Å². The number of anilines is 1. The highest BCUT2D eigenvalue weighted by atomic mass is 35.5. The van der Waals surface area contributed by atoms with Gasteiger partial charge in [-0.1, -0.05) is 35.3 Å². The maximum atomic E-state index is 12.7. The lowest BCUT2D eigenvalue weighted by Gasteiger charge is -2.14. The third-order valence-electron chi connectivity index (χ3n) is 4.09. The van der Waals surface area contributed by atoms with E-state index in [9.17, 15) is 4.79 Å². The van der Waals surface area contributed by atoms with Crippen LogP contribution in [0.2, 0.25) is 10.2 Å². The minimum Gasteiger partial charge on any atom is -0.308 e. The molecule has 0 aliphatic rings. The first-order valence-electron chi connectivity index (χ1n) is 8.18. The van der Waals surface area contributed by atoms with Gasteiger partial charge in [0.15, 0.2) is 5.01 Å². The second-order valence-electron chi connectivity index (χ2n) is 5.83. The van der Waals surface area contributed by atoms with Gasteiger partial charge in [0, 0.05) is 18.6 Å². The van der Waals surface area contributed by atoms with Crippen molar-refractivity contribution >= 4 is 46.1 Å². The number of amides is 1. The number of carbonyl (C=O) groups is 1. The molecule has 0 aliphatic carbocycles. The predicted molar refractivity (Wildman–Crippen MR) is 112 cm³/mol. The first-order valence-corrected chi connectivity index (χ1v) is 9.82. The van der Waals surface area contributed by atoms with Crippen LogP contribution in [0.5, 0.6) is 0 Å². The second-order valence-corrected chi connectivity index (χ2v) is 7.45. The molecule has 0 radical (unpaired) electrons. The molecule has 0 saturated heterocycles. The summed E-state index contributed by atoms with van der Waals surface area (Å²) in [6, 6.07) is 10.9. The van der Waals surface area contributed by atoms with E-state index in [1.165, 1.54) is 16.2 Å². The molecule has 4 aromatic rings. The third-order valence-corrected chi connectivity index (χ3v) is 5.61. The molecule has 0 spiro atoms. The van der Waals surface area contributed by atoms with E-state index in [4.69, 9.17) is 23.2 Å². The highest BCUT2D eigenvalue weighted by Crippen LogP contribution is 2.32. The topological polar surface area (TPSA) is 63.9 Å². The first kappa shape index (κ1) is 18.6. The number of hydrogen-bond acceptors (Lipinski definition) is 5. The number of carbonyl (C=O) groups excluding carboxylic acids is 1. The molecule has 0 bridgehead atoms. The van der Waals surface area contributed by atoms with Crippen LogP contribution in [0.1, 0.15) is 9.80 Å². The molecule has 0 atom stereocenters. The summed E-state index contributed by atoms with van der Waals surface area (Å²) in [7, 11) is 1.68. The van der Waals surface area contributed by atoms with Crippen LogP contribution in [0.15, 0.2) is 60.4 Å². The summed E-state index contributed by atoms with van der Waals surface area (Å²) in [4.78, 5) is 22.7. The lowest BCUT2D eigenvalue weighted by atomic mass is 10.3. The van der Waals surface area contributed by atoms with Crippen LogP contribution in [-0.4, -0.2) is 32.7 Å². The Bertz CT molecular complexity index is 1140. The van der Waals surface area contributed by atoms with Gasteiger partial charge >= 0.3 is 0 Å². The molecule has 4 rings (SSSR count). The van der Waals surface area contributed by atoms with Crippen LogP contribution in [0, 0.1) is 0 Å². The average Bonchev–Trinajstić information content (AvgIpc) is 3.35. The Morgan fingerprint density at radius 1 is 1.14 bits per heavy atom. The van der Waals surface area contributed by atoms with Crippen molar-refractivity contribution in [3.63, 3.8) is 0 Å². The molecule has 6 nitrogen and oxygen atoms in total. The van der Waals surface area contributed by atoms with Crippen molar-refractivity contribution < 1.29 is 4.79 Å². The van der Waals surface area contributed by atoms with Crippen LogP contribution in [0.25, 0.3) is 16.9 Å². The Morgan fingerprint density at radius 2 is 1.96 bits per heavy atom. The fourth-order valence-electron chi connectivity index (χ4n) is 2.61. The van der Waals surface area contributed by atoms with Crippen molar-refractivity contribution in [3.8, 4) is 16.9 Å². The van der Waals surface area contributed by atoms with Gasteiger partial charge in [-0.2, -0.15) is 5.10 Å². The van der Waals surface area contributed by atoms with Gasteiger partial charge < -0.3 is 4.90 Å². The number of benzene rings is 1. The molecular formula is C19H13Cl2N5OS. The summed E-state index contributed by atoms with van der Waals surface area (Å²) in [5.41, 5.74) is 2.56. The molecule has 28 heavy (non-hydrogen) atoms. The van der Waals surface area contributed by atoms with Crippen molar-refractivity contribution in [3.05, 3.63) is 75.6 Å². The largest absolute Gasteiger partial charge is 0.308 e. The SMILES string of the molecule is CN(C(=O)c1nc(-c2cnn(-c3ccccc3Cl)c2Cl)cs1)c1cccnc1. The molecule has 0 fully saturated rings. The van der Waals surface area contributed by atoms with E-state index in [-0.39, 0.29) is 5.91 Å². The molecule has 1 aromatic carbocycles. The van der Waals surface area contributed by atoms with E-state index in [1.807, 2.05) is 24.3 Å². The maximum absolute atomic E-state index is 12.7. The highest BCUT2D eigenvalue weighted by Gasteiger charge is 2.21. The van der Waals surface area contributed by atoms with Crippen LogP contribution >= 0.6 is 34.5 Å². The number of para-hydroxylation sites is 1. The Labute approximate surface area is 175 Å². The normalized spacial score (nSPS) is 10.8. The number of hydrogen-bond donors (Lipinski definition) is 0. The summed E-state index contributed by atoms with van der Waals surface area (Å²) < 4.78 is 1.54. The summed E-state index contributed by atoms with van der Waals surface area (Å²) in [6.45, 7) is 0. The molecule has 9 heteroatoms. The third kappa shape index (κ3) is 3.40. The highest BCUT2D eigenvalue weighted by molar-refractivity contribution is 7.12. The van der Waals surface area contributed by atoms with E-state index in [0.29, 0.717) is 37.8 Å². The van der Waals surface area contributed by atoms with Gasteiger partial charge in [-0.15, -0.1) is 11.3 Å². The lowest BCUT2D eigenvalue weighted by Crippen LogP contribution is -2.26. The minimum atomic E-state index is -0.223. The fraction of sp³-hybridized carbons (Fsp3) is 0.0526. The van der Waals surface area contributed by atoms with Crippen LogP contribution < -0.4 is 4.90 Å². The number of thiazole rings is 1. The van der Waals surface area contributed by atoms with Crippen molar-refractivity contribution in [2.45, 2.75) is 0 Å². The average molecular weight is 430 g/mol. The summed E-state index contributed by atoms with van der Waals surface area (Å²) in [5.74, 6) is -0.223. The first-order chi connectivity index (χ1) is 13.6. The number of rotatable bonds is 4. The lowest BCUT2D eigenvalue weighted by molar-refractivity contribution is 0.0992. The Balaban J connectivity index is 1.64. The molecule has 3 aromatic heterocycles. The number of halogens is 2. The van der Waals surface area contributed by atoms with E-state index in [1.54, 1.807) is 47.8 Å². The maximum Gasteiger partial charge on any atom is 0.287 e. The van der Waals surface area contributed by atoms with Gasteiger partial charge in [0.1, 0.15) is 5.15 Å². The summed E-state index contributed by atoms with van der Waals surface area (Å²) >= 11 is 14.0. The van der Waals surface area contributed by atoms with Gasteiger partial charge in [-0.3, -0.25) is 9.78 Å². The zero-order valence-corrected chi connectivity index (χ0v) is 16.9. The van der Waals surface area contributed by atoms with E-state index >= 15 is 0 Å². The van der Waals surface area contributed by atoms with E-state index in [0.717, 1.165) is 0 Å². The summed E-state index contributed by atoms with van der Waals surface area (Å²) in [6.07, 6.45) is 4.89. The quantitative estimate of drug-likeness (QED) is 0.459. The molecule has 0 N–H and O–H groups in total. The van der Waals surface area contributed by atoms with Crippen molar-refractivity contribution in [2.75, 3.05) is 11.9 Å². The van der Waals surface area contributed by atoms with Crippen molar-refractivity contribution in [1.29, 1.82) is 0 Å². The molecule has 0 unspecified atom stereocenters. The monoisotopic (exact) mass is 429 g/mol. The fourth-order valence-corrected chi connectivity index (χ4v) is 3.89. The van der Waals surface area contributed by atoms with Gasteiger partial charge in [-0.25, -0.2) is 9.67 Å². The van der Waals surface area contributed by atoms with Gasteiger partial charge in [0.2, 0.25) is 0 Å². The van der Waals surface area contributed by atoms with E-state index < -0.39 is 0 Å². The van der Waals surface area contributed by atoms with Crippen molar-refractivity contribution in [2.24, 2.45) is 0 Å². The number of aromatic nitrogens is 4. The Morgan fingerprint density at radius 3 is 2.71 bits per heavy atom. The Hall–Kier alpha value is -2.74. The standard InChI is InChI=1S/C19H13Cl2N5OS/c1-25(12-5-4-8-22-9-12)19(27)18-24-15(11-28-18)13-10-23-26(17(13)21)16-7-3-2-6-14(16)20/h2-11H,1H3. The summed E-state index contributed by atoms with van der Waals surface area (Å²) in [5, 5.41) is 7.36. The predicted octanol–water partition coefficient (Wildman–Crippen LogP) is 4.97. The second kappa shape index (κ2) is 7.71. The molecule has 0 saturated carbocycles. The Kier molecular flexibility index (Phi) is 5.13. The molecule has 140 valence electrons. The molecule has 0 aliphatic heterocycles. The number of nitrogens with zero attached hydrogens (tertiary/aromatic N) is 5. The smallest absolute Gasteiger partial charge is 0.287 e. The van der Waals surface area contributed by atoms with Gasteiger partial charge in [-0.05, 0) is 24.3 Å². The minimum absolute atomic E-state index is 0.223. The van der Waals surface area contributed by atoms with Crippen LogP contribution in [0.3, 0.4) is 0 Å². The molecule has 3 heterocycles. The zero-order valence-electron chi connectivity index (χ0n) is 14.6. The molecule has 1 amide bonds. The van der Waals surface area contributed by atoms with Crippen LogP contribution in [0.4, 0.5) is 5.69 Å².